The molecular formula is C18H17NO. The minimum Gasteiger partial charge on any atom is -0.496 e. The molecule has 0 aliphatic rings. The van der Waals surface area contributed by atoms with Gasteiger partial charge in [-0.25, -0.2) is 0 Å². The van der Waals surface area contributed by atoms with Gasteiger partial charge < -0.3 is 10.5 Å². The Hall–Kier alpha value is -2.32. The summed E-state index contributed by atoms with van der Waals surface area (Å²) in [6, 6.07) is 20.8. The van der Waals surface area contributed by atoms with E-state index in [1.807, 2.05) is 12.1 Å². The van der Waals surface area contributed by atoms with E-state index in [1.54, 1.807) is 7.11 Å². The van der Waals surface area contributed by atoms with Gasteiger partial charge in [0.2, 0.25) is 0 Å². The fraction of sp³-hybridized carbons (Fsp3) is 0.111. The first-order valence-corrected chi connectivity index (χ1v) is 6.68. The van der Waals surface area contributed by atoms with Crippen molar-refractivity contribution < 1.29 is 4.74 Å². The van der Waals surface area contributed by atoms with E-state index in [9.17, 15) is 0 Å². The maximum atomic E-state index is 5.74. The minimum atomic E-state index is 0.557. The zero-order valence-electron chi connectivity index (χ0n) is 11.5. The molecule has 0 amide bonds. The van der Waals surface area contributed by atoms with E-state index >= 15 is 0 Å². The summed E-state index contributed by atoms with van der Waals surface area (Å²) in [6.45, 7) is 0.557. The third-order valence-electron chi connectivity index (χ3n) is 3.58. The summed E-state index contributed by atoms with van der Waals surface area (Å²) in [5, 5.41) is 2.33. The average Bonchev–Trinajstić information content (AvgIpc) is 2.54. The highest BCUT2D eigenvalue weighted by Gasteiger charge is 2.07. The summed E-state index contributed by atoms with van der Waals surface area (Å²) in [5.74, 6) is 0.902. The van der Waals surface area contributed by atoms with Crippen molar-refractivity contribution in [2.75, 3.05) is 7.11 Å². The van der Waals surface area contributed by atoms with Crippen molar-refractivity contribution >= 4 is 10.8 Å². The van der Waals surface area contributed by atoms with Crippen LogP contribution in [0.25, 0.3) is 21.9 Å². The van der Waals surface area contributed by atoms with Gasteiger partial charge in [0, 0.05) is 11.9 Å². The van der Waals surface area contributed by atoms with Gasteiger partial charge in [0.15, 0.2) is 0 Å². The zero-order valence-corrected chi connectivity index (χ0v) is 11.5. The second-order valence-corrected chi connectivity index (χ2v) is 4.77. The van der Waals surface area contributed by atoms with Crippen molar-refractivity contribution in [2.24, 2.45) is 5.73 Å². The summed E-state index contributed by atoms with van der Waals surface area (Å²) in [7, 11) is 1.70. The topological polar surface area (TPSA) is 35.2 Å². The van der Waals surface area contributed by atoms with E-state index in [-0.39, 0.29) is 0 Å². The molecule has 0 fully saturated rings. The lowest BCUT2D eigenvalue weighted by atomic mass is 9.96. The van der Waals surface area contributed by atoms with E-state index in [0.29, 0.717) is 6.54 Å². The summed E-state index contributed by atoms with van der Waals surface area (Å²) in [4.78, 5) is 0. The highest BCUT2D eigenvalue weighted by molar-refractivity contribution is 6.00. The molecule has 20 heavy (non-hydrogen) atoms. The van der Waals surface area contributed by atoms with Crippen LogP contribution >= 0.6 is 0 Å². The number of fused-ring (bicyclic) bond motifs is 1. The molecule has 100 valence electrons. The second kappa shape index (κ2) is 5.35. The Morgan fingerprint density at radius 2 is 1.70 bits per heavy atom. The smallest absolute Gasteiger partial charge is 0.126 e. The fourth-order valence-electron chi connectivity index (χ4n) is 2.57. The van der Waals surface area contributed by atoms with Crippen LogP contribution in [0, 0.1) is 0 Å². The van der Waals surface area contributed by atoms with Crippen molar-refractivity contribution in [2.45, 2.75) is 6.54 Å². The van der Waals surface area contributed by atoms with Crippen LogP contribution in [0.4, 0.5) is 0 Å². The third-order valence-corrected chi connectivity index (χ3v) is 3.58. The number of benzene rings is 3. The van der Waals surface area contributed by atoms with Crippen molar-refractivity contribution in [3.63, 3.8) is 0 Å². The van der Waals surface area contributed by atoms with E-state index in [1.165, 1.54) is 16.5 Å². The van der Waals surface area contributed by atoms with Crippen LogP contribution in [0.1, 0.15) is 5.56 Å². The molecule has 0 aliphatic carbocycles. The molecule has 3 aromatic carbocycles. The molecule has 0 unspecified atom stereocenters. The summed E-state index contributed by atoms with van der Waals surface area (Å²) in [5.41, 5.74) is 9.27. The molecule has 2 nitrogen and oxygen atoms in total. The number of hydrogen-bond donors (Lipinski definition) is 1. The summed E-state index contributed by atoms with van der Waals surface area (Å²) in [6.07, 6.45) is 0. The van der Waals surface area contributed by atoms with E-state index in [2.05, 4.69) is 48.5 Å². The molecule has 0 radical (unpaired) electrons. The molecule has 0 saturated carbocycles. The van der Waals surface area contributed by atoms with Crippen molar-refractivity contribution in [3.05, 3.63) is 66.2 Å². The van der Waals surface area contributed by atoms with Crippen LogP contribution in [0.15, 0.2) is 60.7 Å². The van der Waals surface area contributed by atoms with Crippen molar-refractivity contribution in [3.8, 4) is 16.9 Å². The van der Waals surface area contributed by atoms with Crippen LogP contribution in [0.3, 0.4) is 0 Å². The number of ether oxygens (including phenoxy) is 1. The van der Waals surface area contributed by atoms with Gasteiger partial charge in [-0.2, -0.15) is 0 Å². The van der Waals surface area contributed by atoms with Crippen LogP contribution in [-0.2, 0) is 6.54 Å². The van der Waals surface area contributed by atoms with Gasteiger partial charge in [-0.15, -0.1) is 0 Å². The van der Waals surface area contributed by atoms with E-state index in [4.69, 9.17) is 10.5 Å². The molecule has 0 aliphatic heterocycles. The highest BCUT2D eigenvalue weighted by atomic mass is 16.5. The molecule has 0 heterocycles. The predicted molar refractivity (Wildman–Crippen MR) is 83.8 cm³/mol. The number of rotatable bonds is 3. The SMILES string of the molecule is COc1ccc(-c2cccc(CN)c2)c2ccccc12. The lowest BCUT2D eigenvalue weighted by Gasteiger charge is -2.11. The fourth-order valence-corrected chi connectivity index (χ4v) is 2.57. The number of methoxy groups -OCH3 is 1. The van der Waals surface area contributed by atoms with E-state index < -0.39 is 0 Å². The highest BCUT2D eigenvalue weighted by Crippen LogP contribution is 2.34. The zero-order chi connectivity index (χ0) is 13.9. The van der Waals surface area contributed by atoms with Crippen LogP contribution < -0.4 is 10.5 Å². The van der Waals surface area contributed by atoms with E-state index in [0.717, 1.165) is 16.7 Å². The Morgan fingerprint density at radius 3 is 2.45 bits per heavy atom. The standard InChI is InChI=1S/C18H17NO/c1-20-18-10-9-15(16-7-2-3-8-17(16)18)14-6-4-5-13(11-14)12-19/h2-11H,12,19H2,1H3. The first-order valence-electron chi connectivity index (χ1n) is 6.68. The van der Waals surface area contributed by atoms with Gasteiger partial charge in [-0.3, -0.25) is 0 Å². The lowest BCUT2D eigenvalue weighted by Crippen LogP contribution is -1.96. The quantitative estimate of drug-likeness (QED) is 0.776. The summed E-state index contributed by atoms with van der Waals surface area (Å²) >= 11 is 0. The Labute approximate surface area is 118 Å². The lowest BCUT2D eigenvalue weighted by molar-refractivity contribution is 0.420. The number of hydrogen-bond acceptors (Lipinski definition) is 2. The molecule has 0 aromatic heterocycles. The molecule has 2 N–H and O–H groups in total. The molecule has 0 saturated heterocycles. The monoisotopic (exact) mass is 263 g/mol. The molecule has 0 spiro atoms. The first-order chi connectivity index (χ1) is 9.83. The van der Waals surface area contributed by atoms with Gasteiger partial charge in [-0.1, -0.05) is 48.5 Å². The Kier molecular flexibility index (Phi) is 3.40. The van der Waals surface area contributed by atoms with Gasteiger partial charge in [0.25, 0.3) is 0 Å². The Balaban J connectivity index is 2.26. The normalized spacial score (nSPS) is 10.7. The Morgan fingerprint density at radius 1 is 0.900 bits per heavy atom. The summed E-state index contributed by atoms with van der Waals surface area (Å²) < 4.78 is 5.44. The Bertz CT molecular complexity index is 749. The maximum Gasteiger partial charge on any atom is 0.126 e. The van der Waals surface area contributed by atoms with Gasteiger partial charge in [0.1, 0.15) is 5.75 Å². The van der Waals surface area contributed by atoms with Crippen molar-refractivity contribution in [1.82, 2.24) is 0 Å². The van der Waals surface area contributed by atoms with Crippen molar-refractivity contribution in [1.29, 1.82) is 0 Å². The van der Waals surface area contributed by atoms with Crippen LogP contribution in [0.5, 0.6) is 5.75 Å². The predicted octanol–water partition coefficient (Wildman–Crippen LogP) is 3.97. The minimum absolute atomic E-state index is 0.557. The molecular weight excluding hydrogens is 246 g/mol. The number of nitrogens with two attached hydrogens (primary N) is 1. The molecule has 3 rings (SSSR count). The molecule has 2 heteroatoms. The van der Waals surface area contributed by atoms with Gasteiger partial charge >= 0.3 is 0 Å². The second-order valence-electron chi connectivity index (χ2n) is 4.77. The van der Waals surface area contributed by atoms with Crippen LogP contribution in [0.2, 0.25) is 0 Å². The average molecular weight is 263 g/mol. The van der Waals surface area contributed by atoms with Gasteiger partial charge in [-0.05, 0) is 34.2 Å². The largest absolute Gasteiger partial charge is 0.496 e. The van der Waals surface area contributed by atoms with Gasteiger partial charge in [0.05, 0.1) is 7.11 Å². The maximum absolute atomic E-state index is 5.74. The molecule has 3 aromatic rings. The first kappa shape index (κ1) is 12.7. The third kappa shape index (κ3) is 2.15. The molecule has 0 bridgehead atoms. The van der Waals surface area contributed by atoms with Crippen LogP contribution in [-0.4, -0.2) is 7.11 Å². The molecule has 0 atom stereocenters.